The first-order chi connectivity index (χ1) is 42.6. The van der Waals surface area contributed by atoms with Crippen molar-refractivity contribution < 1.29 is 0 Å². The van der Waals surface area contributed by atoms with Crippen LogP contribution >= 0.6 is 0 Å². The molecule has 0 saturated heterocycles. The third-order valence-electron chi connectivity index (χ3n) is 36.1. The van der Waals surface area contributed by atoms with Gasteiger partial charge in [0.2, 0.25) is 0 Å². The zero-order valence-electron chi connectivity index (χ0n) is 72.1. The molecule has 0 aromatic heterocycles. The van der Waals surface area contributed by atoms with E-state index in [4.69, 9.17) is 0 Å². The van der Waals surface area contributed by atoms with Gasteiger partial charge in [0, 0.05) is 0 Å². The second-order valence-electron chi connectivity index (χ2n) is 45.2. The molecule has 11 aliphatic rings. The molecule has 11 rings (SSSR count). The molecule has 0 aromatic rings. The van der Waals surface area contributed by atoms with Crippen LogP contribution in [-0.2, 0) is 0 Å². The van der Waals surface area contributed by atoms with Crippen molar-refractivity contribution in [3.8, 4) is 0 Å². The maximum Gasteiger partial charge on any atom is -0.0272 e. The van der Waals surface area contributed by atoms with Gasteiger partial charge in [-0.15, -0.1) is 0 Å². The van der Waals surface area contributed by atoms with Gasteiger partial charge in [-0.1, -0.05) is 363 Å². The van der Waals surface area contributed by atoms with Gasteiger partial charge in [0.25, 0.3) is 0 Å². The number of rotatable bonds is 3. The summed E-state index contributed by atoms with van der Waals surface area (Å²) < 4.78 is 0. The van der Waals surface area contributed by atoms with Crippen LogP contribution in [0.3, 0.4) is 0 Å². The average Bonchev–Trinajstić information content (AvgIpc) is 1.41. The second kappa shape index (κ2) is 34.1. The van der Waals surface area contributed by atoms with Crippen LogP contribution in [0.5, 0.6) is 0 Å². The van der Waals surface area contributed by atoms with E-state index in [1.54, 1.807) is 0 Å². The molecule has 11 fully saturated rings. The van der Waals surface area contributed by atoms with E-state index >= 15 is 0 Å². The summed E-state index contributed by atoms with van der Waals surface area (Å²) in [6.45, 7) is 77.5. The Labute approximate surface area is 598 Å². The molecule has 0 unspecified atom stereocenters. The van der Waals surface area contributed by atoms with E-state index in [0.717, 1.165) is 0 Å². The highest BCUT2D eigenvalue weighted by Crippen LogP contribution is 2.61. The predicted molar refractivity (Wildman–Crippen MR) is 429 cm³/mol. The molecule has 0 N–H and O–H groups in total. The van der Waals surface area contributed by atoms with Crippen LogP contribution in [-0.4, -0.2) is 0 Å². The highest BCUT2D eigenvalue weighted by atomic mass is 14.5. The Morgan fingerprint density at radius 2 is 0.234 bits per heavy atom. The Hall–Kier alpha value is 0. The first kappa shape index (κ1) is 88.2. The van der Waals surface area contributed by atoms with Gasteiger partial charge < -0.3 is 0 Å². The average molecular weight is 1310 g/mol. The van der Waals surface area contributed by atoms with E-state index in [1.165, 1.54) is 283 Å². The first-order valence-corrected chi connectivity index (χ1v) is 42.6. The van der Waals surface area contributed by atoms with Crippen molar-refractivity contribution in [3.63, 3.8) is 0 Å². The lowest BCUT2D eigenvalue weighted by atomic mass is 9.52. The Morgan fingerprint density at radius 3 is 0.351 bits per heavy atom. The fourth-order valence-electron chi connectivity index (χ4n) is 20.4. The van der Waals surface area contributed by atoms with Crippen molar-refractivity contribution in [2.24, 2.45) is 97.5 Å². The summed E-state index contributed by atoms with van der Waals surface area (Å²) in [5.41, 5.74) is 11.1. The van der Waals surface area contributed by atoms with Crippen molar-refractivity contribution >= 4 is 0 Å². The normalized spacial score (nSPS) is 34.5. The summed E-state index contributed by atoms with van der Waals surface area (Å²) in [4.78, 5) is 0. The van der Waals surface area contributed by atoms with E-state index in [2.05, 4.69) is 222 Å². The fourth-order valence-corrected chi connectivity index (χ4v) is 20.4. The second-order valence-corrected chi connectivity index (χ2v) is 45.2. The minimum Gasteiger partial charge on any atom is -0.0648 e. The summed E-state index contributed by atoms with van der Waals surface area (Å²) in [5.74, 6) is 0. The fraction of sp³-hybridized carbons (Fsp3) is 1.00. The minimum absolute atomic E-state index is 0.575. The molecule has 11 aliphatic carbocycles. The van der Waals surface area contributed by atoms with Crippen LogP contribution in [0.4, 0.5) is 0 Å². The van der Waals surface area contributed by atoms with Gasteiger partial charge in [-0.25, -0.2) is 0 Å². The topological polar surface area (TPSA) is 0 Å². The van der Waals surface area contributed by atoms with Gasteiger partial charge in [0.15, 0.2) is 0 Å². The molecule has 11 saturated carbocycles. The lowest BCUT2D eigenvalue weighted by molar-refractivity contribution is -0.0261. The Balaban J connectivity index is 0.000000277. The third-order valence-corrected chi connectivity index (χ3v) is 36.1. The van der Waals surface area contributed by atoms with E-state index < -0.39 is 0 Å². The lowest BCUT2D eigenvalue weighted by Crippen LogP contribution is -2.42. The summed E-state index contributed by atoms with van der Waals surface area (Å²) in [5, 5.41) is 0. The molecule has 2 atom stereocenters. The molecule has 0 heterocycles. The van der Waals surface area contributed by atoms with Gasteiger partial charge in [-0.3, -0.25) is 0 Å². The van der Waals surface area contributed by atoms with Crippen molar-refractivity contribution in [1.29, 1.82) is 0 Å². The van der Waals surface area contributed by atoms with Crippen LogP contribution in [0.1, 0.15) is 504 Å². The van der Waals surface area contributed by atoms with Crippen molar-refractivity contribution in [2.75, 3.05) is 0 Å². The van der Waals surface area contributed by atoms with E-state index in [1.807, 2.05) is 0 Å². The maximum absolute atomic E-state index is 2.58. The lowest BCUT2D eigenvalue weighted by Gasteiger charge is -2.53. The standard InChI is InChI=1S/C14H26.C12H22.C12H24.2C10H20.4C9H18/c1-13(9-5-3-6-10-13)14(2)11-7-4-8-12-14;1-11-7-3-5-9-12(11,2)10-6-4-8-11;1-5-11(3)9-7-8-10-12(11,4)6-2;2*1-9(2)7-5-6-8-10(9,3)4;4*1-8(2)6-5-7-9(8,3)4/h3-12H2,1-2H3;3-10H2,1-2H3;5-10H2,1-4H3;2*5-8H2,1-4H3;4*5-7H2,1-4H3/t;;11-,12+;;;;;;. The molecule has 0 bridgehead atoms. The molecule has 0 aliphatic heterocycles. The largest absolute Gasteiger partial charge is 0.0648 e. The van der Waals surface area contributed by atoms with Crippen LogP contribution in [0.25, 0.3) is 0 Å². The molecule has 94 heavy (non-hydrogen) atoms. The van der Waals surface area contributed by atoms with Gasteiger partial charge in [-0.05, 0) is 239 Å². The first-order valence-electron chi connectivity index (χ1n) is 42.6. The van der Waals surface area contributed by atoms with Gasteiger partial charge in [0.05, 0.1) is 0 Å². The smallest absolute Gasteiger partial charge is 0.0272 e. The SMILES string of the molecule is CC1(C)CCCC1(C)C.CC1(C)CCCC1(C)C.CC1(C)CCCC1(C)C.CC1(C)CCCC1(C)C.CC1(C)CCCCC1(C)C.CC1(C)CCCCC1(C)C.CC1(C2(C)CCCCC2)CCCCC1.CC12CCCCC1(C)CCCC2.CC[C@@]1(C)CCCC[C@@]1(C)CC. The maximum atomic E-state index is 2.58. The molecule has 0 nitrogen and oxygen atoms in total. The third kappa shape index (κ3) is 22.5. The van der Waals surface area contributed by atoms with Crippen molar-refractivity contribution in [2.45, 2.75) is 504 Å². The molecule has 560 valence electrons. The highest BCUT2D eigenvalue weighted by Gasteiger charge is 2.49. The van der Waals surface area contributed by atoms with Crippen LogP contribution < -0.4 is 0 Å². The molecule has 0 amide bonds. The molecule has 0 radical (unpaired) electrons. The summed E-state index contributed by atoms with van der Waals surface area (Å²) in [7, 11) is 0. The zero-order valence-corrected chi connectivity index (χ0v) is 72.1. The molecule has 0 aromatic carbocycles. The number of hydrogen-bond acceptors (Lipinski definition) is 0. The quantitative estimate of drug-likeness (QED) is 0.264. The minimum atomic E-state index is 0.575. The summed E-state index contributed by atoms with van der Waals surface area (Å²) >= 11 is 0. The monoisotopic (exact) mass is 1310 g/mol. The van der Waals surface area contributed by atoms with Crippen LogP contribution in [0.2, 0.25) is 0 Å². The predicted octanol–water partition coefficient (Wildman–Crippen LogP) is 33.6. The van der Waals surface area contributed by atoms with Gasteiger partial charge >= 0.3 is 0 Å². The summed E-state index contributed by atoms with van der Waals surface area (Å²) in [6, 6.07) is 0. The Bertz CT molecular complexity index is 1800. The Kier molecular flexibility index (Phi) is 32.0. The van der Waals surface area contributed by atoms with E-state index in [-0.39, 0.29) is 0 Å². The van der Waals surface area contributed by atoms with Crippen molar-refractivity contribution in [1.82, 2.24) is 0 Å². The Morgan fingerprint density at radius 1 is 0.128 bits per heavy atom. The summed E-state index contributed by atoms with van der Waals surface area (Å²) in [6.07, 6.45) is 64.0. The molecular formula is C94H184. The van der Waals surface area contributed by atoms with Crippen LogP contribution in [0.15, 0.2) is 0 Å². The van der Waals surface area contributed by atoms with Crippen molar-refractivity contribution in [3.05, 3.63) is 0 Å². The number of hydrogen-bond donors (Lipinski definition) is 0. The zero-order chi connectivity index (χ0) is 72.1. The molecule has 0 heteroatoms. The van der Waals surface area contributed by atoms with E-state index in [9.17, 15) is 0 Å². The van der Waals surface area contributed by atoms with Gasteiger partial charge in [0.1, 0.15) is 0 Å². The van der Waals surface area contributed by atoms with Gasteiger partial charge in [-0.2, -0.15) is 0 Å². The van der Waals surface area contributed by atoms with Crippen LogP contribution in [0, 0.1) is 97.5 Å². The van der Waals surface area contributed by atoms with E-state index in [0.29, 0.717) is 97.5 Å². The number of fused-ring (bicyclic) bond motifs is 1. The molecule has 0 spiro atoms. The molecular weight excluding hydrogens is 1130 g/mol. The highest BCUT2D eigenvalue weighted by molar-refractivity contribution is 5.00.